The van der Waals surface area contributed by atoms with Crippen molar-refractivity contribution in [2.75, 3.05) is 13.2 Å². The van der Waals surface area contributed by atoms with Crippen LogP contribution in [0.1, 0.15) is 32.1 Å². The molecule has 0 saturated carbocycles. The Morgan fingerprint density at radius 2 is 1.11 bits per heavy atom. The third kappa shape index (κ3) is 4.43. The van der Waals surface area contributed by atoms with Crippen molar-refractivity contribution < 1.29 is 4.74 Å². The van der Waals surface area contributed by atoms with Gasteiger partial charge in [-0.05, 0) is 12.8 Å². The van der Waals surface area contributed by atoms with Gasteiger partial charge in [0.05, 0.1) is 0 Å². The van der Waals surface area contributed by atoms with Gasteiger partial charge < -0.3 is 10.9 Å². The van der Waals surface area contributed by atoms with Gasteiger partial charge in [0.1, 0.15) is 0 Å². The van der Waals surface area contributed by atoms with Crippen molar-refractivity contribution in [3.63, 3.8) is 0 Å². The molecule has 9 heavy (non-hydrogen) atoms. The molecule has 56 valence electrons. The minimum atomic E-state index is 0. The van der Waals surface area contributed by atoms with Crippen LogP contribution in [0.3, 0.4) is 0 Å². The molecule has 0 aromatic carbocycles. The Labute approximate surface area is 57.2 Å². The van der Waals surface area contributed by atoms with E-state index < -0.39 is 0 Å². The monoisotopic (exact) mass is 131 g/mol. The molecule has 0 amide bonds. The Kier molecular flexibility index (Phi) is 5.99. The van der Waals surface area contributed by atoms with Crippen molar-refractivity contribution in [2.45, 2.75) is 32.1 Å². The predicted octanol–water partition coefficient (Wildman–Crippen LogP) is 2.13. The SMILES string of the molecule is C1CCCOCCC1.N. The second-order valence-corrected chi connectivity index (χ2v) is 2.38. The zero-order valence-electron chi connectivity index (χ0n) is 6.07. The van der Waals surface area contributed by atoms with Gasteiger partial charge in [-0.1, -0.05) is 19.3 Å². The third-order valence-electron chi connectivity index (χ3n) is 1.58. The molecule has 0 spiro atoms. The Morgan fingerprint density at radius 3 is 1.67 bits per heavy atom. The van der Waals surface area contributed by atoms with Gasteiger partial charge in [0.15, 0.2) is 0 Å². The average Bonchev–Trinajstić information content (AvgIpc) is 1.62. The molecule has 1 rings (SSSR count). The fourth-order valence-electron chi connectivity index (χ4n) is 1.04. The van der Waals surface area contributed by atoms with E-state index in [1.807, 2.05) is 0 Å². The highest BCUT2D eigenvalue weighted by molar-refractivity contribution is 4.47. The molecule has 1 fully saturated rings. The summed E-state index contributed by atoms with van der Waals surface area (Å²) in [5.41, 5.74) is 0. The summed E-state index contributed by atoms with van der Waals surface area (Å²) in [6, 6.07) is 0. The highest BCUT2D eigenvalue weighted by atomic mass is 16.5. The second-order valence-electron chi connectivity index (χ2n) is 2.38. The van der Waals surface area contributed by atoms with Crippen molar-refractivity contribution in [3.05, 3.63) is 0 Å². The predicted molar refractivity (Wildman–Crippen MR) is 38.9 cm³/mol. The highest BCUT2D eigenvalue weighted by Gasteiger charge is 1.95. The zero-order chi connectivity index (χ0) is 5.66. The van der Waals surface area contributed by atoms with E-state index in [1.165, 1.54) is 32.1 Å². The summed E-state index contributed by atoms with van der Waals surface area (Å²) in [6.45, 7) is 2.00. The standard InChI is InChI=1S/C7H14O.H3N/c1-2-4-6-8-7-5-3-1;/h1-7H2;1H3. The largest absolute Gasteiger partial charge is 0.381 e. The van der Waals surface area contributed by atoms with Crippen LogP contribution in [0.15, 0.2) is 0 Å². The van der Waals surface area contributed by atoms with Crippen LogP contribution in [0.25, 0.3) is 0 Å². The summed E-state index contributed by atoms with van der Waals surface area (Å²) in [4.78, 5) is 0. The first-order valence-corrected chi connectivity index (χ1v) is 3.58. The molecule has 0 atom stereocenters. The van der Waals surface area contributed by atoms with Crippen LogP contribution in [0, 0.1) is 0 Å². The number of hydrogen-bond donors (Lipinski definition) is 1. The lowest BCUT2D eigenvalue weighted by Crippen LogP contribution is -2.00. The molecule has 2 heteroatoms. The van der Waals surface area contributed by atoms with Gasteiger partial charge in [-0.15, -0.1) is 0 Å². The zero-order valence-corrected chi connectivity index (χ0v) is 6.07. The van der Waals surface area contributed by atoms with E-state index >= 15 is 0 Å². The Hall–Kier alpha value is -0.0800. The molecule has 1 heterocycles. The van der Waals surface area contributed by atoms with Gasteiger partial charge in [0, 0.05) is 13.2 Å². The van der Waals surface area contributed by atoms with E-state index in [4.69, 9.17) is 4.74 Å². The smallest absolute Gasteiger partial charge is 0.0466 e. The maximum Gasteiger partial charge on any atom is 0.0466 e. The molecular weight excluding hydrogens is 114 g/mol. The minimum Gasteiger partial charge on any atom is -0.381 e. The van der Waals surface area contributed by atoms with Crippen LogP contribution < -0.4 is 6.15 Å². The lowest BCUT2D eigenvalue weighted by Gasteiger charge is -2.07. The van der Waals surface area contributed by atoms with Crippen molar-refractivity contribution in [1.82, 2.24) is 6.15 Å². The first-order valence-electron chi connectivity index (χ1n) is 3.58. The molecule has 1 aliphatic rings. The fourth-order valence-corrected chi connectivity index (χ4v) is 1.04. The van der Waals surface area contributed by atoms with Gasteiger partial charge in [0.25, 0.3) is 0 Å². The van der Waals surface area contributed by atoms with E-state index in [0.717, 1.165) is 13.2 Å². The lowest BCUT2D eigenvalue weighted by molar-refractivity contribution is 0.116. The van der Waals surface area contributed by atoms with Crippen molar-refractivity contribution in [3.8, 4) is 0 Å². The van der Waals surface area contributed by atoms with Crippen LogP contribution in [0.2, 0.25) is 0 Å². The number of rotatable bonds is 0. The van der Waals surface area contributed by atoms with Gasteiger partial charge >= 0.3 is 0 Å². The minimum absolute atomic E-state index is 0. The third-order valence-corrected chi connectivity index (χ3v) is 1.58. The van der Waals surface area contributed by atoms with Crippen LogP contribution in [-0.2, 0) is 4.74 Å². The van der Waals surface area contributed by atoms with Crippen LogP contribution in [0.5, 0.6) is 0 Å². The summed E-state index contributed by atoms with van der Waals surface area (Å²) in [7, 11) is 0. The maximum atomic E-state index is 5.27. The molecule has 0 bridgehead atoms. The van der Waals surface area contributed by atoms with E-state index in [0.29, 0.717) is 0 Å². The molecule has 0 radical (unpaired) electrons. The molecule has 1 aliphatic heterocycles. The molecule has 0 unspecified atom stereocenters. The molecule has 3 N–H and O–H groups in total. The molecule has 0 aliphatic carbocycles. The molecule has 2 nitrogen and oxygen atoms in total. The van der Waals surface area contributed by atoms with Crippen LogP contribution >= 0.6 is 0 Å². The quantitative estimate of drug-likeness (QED) is 0.547. The van der Waals surface area contributed by atoms with E-state index in [1.54, 1.807) is 0 Å². The topological polar surface area (TPSA) is 44.2 Å². The van der Waals surface area contributed by atoms with Crippen molar-refractivity contribution in [1.29, 1.82) is 0 Å². The fraction of sp³-hybridized carbons (Fsp3) is 1.00. The summed E-state index contributed by atoms with van der Waals surface area (Å²) in [5, 5.41) is 0. The lowest BCUT2D eigenvalue weighted by atomic mass is 10.1. The Bertz CT molecular complexity index is 32.9. The normalized spacial score (nSPS) is 21.3. The van der Waals surface area contributed by atoms with E-state index in [9.17, 15) is 0 Å². The summed E-state index contributed by atoms with van der Waals surface area (Å²) in [5.74, 6) is 0. The van der Waals surface area contributed by atoms with Gasteiger partial charge in [-0.3, -0.25) is 0 Å². The van der Waals surface area contributed by atoms with E-state index in [-0.39, 0.29) is 6.15 Å². The average molecular weight is 131 g/mol. The second kappa shape index (κ2) is 6.05. The Balaban J connectivity index is 0.000000640. The maximum absolute atomic E-state index is 5.27. The summed E-state index contributed by atoms with van der Waals surface area (Å²) < 4.78 is 5.27. The van der Waals surface area contributed by atoms with Gasteiger partial charge in [-0.2, -0.15) is 0 Å². The molecule has 1 saturated heterocycles. The number of hydrogen-bond acceptors (Lipinski definition) is 2. The highest BCUT2D eigenvalue weighted by Crippen LogP contribution is 2.06. The van der Waals surface area contributed by atoms with E-state index in [2.05, 4.69) is 0 Å². The first kappa shape index (κ1) is 8.92. The van der Waals surface area contributed by atoms with Crippen molar-refractivity contribution >= 4 is 0 Å². The van der Waals surface area contributed by atoms with Crippen LogP contribution in [0.4, 0.5) is 0 Å². The summed E-state index contributed by atoms with van der Waals surface area (Å²) in [6.07, 6.45) is 6.73. The molecule has 0 aromatic rings. The Morgan fingerprint density at radius 1 is 0.667 bits per heavy atom. The van der Waals surface area contributed by atoms with Crippen molar-refractivity contribution in [2.24, 2.45) is 0 Å². The summed E-state index contributed by atoms with van der Waals surface area (Å²) >= 11 is 0. The van der Waals surface area contributed by atoms with Gasteiger partial charge in [0.2, 0.25) is 0 Å². The molecular formula is C7H17NO. The van der Waals surface area contributed by atoms with Crippen LogP contribution in [-0.4, -0.2) is 13.2 Å². The molecule has 0 aromatic heterocycles. The number of ether oxygens (including phenoxy) is 1. The van der Waals surface area contributed by atoms with Gasteiger partial charge in [-0.25, -0.2) is 0 Å². The first-order chi connectivity index (χ1) is 4.00.